The molecule has 3 nitrogen and oxygen atoms in total. The Hall–Kier alpha value is 0.170. The van der Waals surface area contributed by atoms with Gasteiger partial charge in [0.15, 0.2) is 0 Å². The molecule has 2 bridgehead atoms. The van der Waals surface area contributed by atoms with E-state index < -0.39 is 0 Å². The zero-order valence-electron chi connectivity index (χ0n) is 6.38. The highest BCUT2D eigenvalue weighted by Gasteiger charge is 2.45. The Kier molecular flexibility index (Phi) is 2.75. The maximum absolute atomic E-state index is 8.75. The van der Waals surface area contributed by atoms with Crippen LogP contribution in [0.25, 0.3) is 0 Å². The van der Waals surface area contributed by atoms with Gasteiger partial charge in [0, 0.05) is 18.7 Å². The van der Waals surface area contributed by atoms with Crippen molar-refractivity contribution in [3.8, 4) is 0 Å². The molecule has 2 N–H and O–H groups in total. The van der Waals surface area contributed by atoms with Gasteiger partial charge in [0.05, 0.1) is 12.7 Å². The molecule has 0 spiro atoms. The number of rotatable bonds is 2. The first-order chi connectivity index (χ1) is 4.85. The zero-order valence-corrected chi connectivity index (χ0v) is 7.19. The molecule has 0 aromatic heterocycles. The van der Waals surface area contributed by atoms with Crippen LogP contribution in [0, 0.1) is 0 Å². The van der Waals surface area contributed by atoms with E-state index in [0.717, 1.165) is 26.0 Å². The van der Waals surface area contributed by atoms with Crippen molar-refractivity contribution >= 4 is 12.4 Å². The molecule has 0 unspecified atom stereocenters. The summed E-state index contributed by atoms with van der Waals surface area (Å²) in [6, 6.07) is 0. The molecular formula is C7H14ClNO2. The largest absolute Gasteiger partial charge is 0.396 e. The summed E-state index contributed by atoms with van der Waals surface area (Å²) in [5.74, 6) is 0. The monoisotopic (exact) mass is 179 g/mol. The minimum atomic E-state index is 0. The number of aliphatic hydroxyl groups excluding tert-OH is 1. The molecule has 0 amide bonds. The molecule has 11 heavy (non-hydrogen) atoms. The second kappa shape index (κ2) is 3.27. The van der Waals surface area contributed by atoms with E-state index in [0.29, 0.717) is 6.10 Å². The topological polar surface area (TPSA) is 41.5 Å². The van der Waals surface area contributed by atoms with Crippen LogP contribution in [0.2, 0.25) is 0 Å². The Morgan fingerprint density at radius 1 is 1.64 bits per heavy atom. The summed E-state index contributed by atoms with van der Waals surface area (Å²) in [4.78, 5) is 0. The second-order valence-corrected chi connectivity index (χ2v) is 3.27. The maximum atomic E-state index is 8.75. The smallest absolute Gasteiger partial charge is 0.0719 e. The molecule has 2 rings (SSSR count). The van der Waals surface area contributed by atoms with Crippen LogP contribution >= 0.6 is 12.4 Å². The lowest BCUT2D eigenvalue weighted by atomic mass is 9.97. The molecule has 2 aliphatic heterocycles. The highest BCUT2D eigenvalue weighted by Crippen LogP contribution is 2.32. The van der Waals surface area contributed by atoms with Crippen LogP contribution in [0.1, 0.15) is 12.8 Å². The van der Waals surface area contributed by atoms with Crippen LogP contribution in [0.15, 0.2) is 0 Å². The number of fused-ring (bicyclic) bond motifs is 2. The number of hydrogen-bond donors (Lipinski definition) is 2. The van der Waals surface area contributed by atoms with Crippen LogP contribution in [-0.4, -0.2) is 36.5 Å². The van der Waals surface area contributed by atoms with Gasteiger partial charge in [0.1, 0.15) is 0 Å². The highest BCUT2D eigenvalue weighted by molar-refractivity contribution is 5.85. The van der Waals surface area contributed by atoms with E-state index in [4.69, 9.17) is 9.84 Å². The summed E-state index contributed by atoms with van der Waals surface area (Å²) < 4.78 is 5.43. The molecule has 2 atom stereocenters. The maximum Gasteiger partial charge on any atom is 0.0719 e. The number of hydrogen-bond acceptors (Lipinski definition) is 3. The van der Waals surface area contributed by atoms with Crippen molar-refractivity contribution in [1.82, 2.24) is 5.32 Å². The fourth-order valence-corrected chi connectivity index (χ4v) is 1.89. The first kappa shape index (κ1) is 9.26. The van der Waals surface area contributed by atoms with Crippen LogP contribution in [0.5, 0.6) is 0 Å². The molecule has 0 aliphatic carbocycles. The number of morpholine rings is 1. The van der Waals surface area contributed by atoms with Crippen molar-refractivity contribution in [2.75, 3.05) is 19.8 Å². The molecule has 2 saturated heterocycles. The van der Waals surface area contributed by atoms with E-state index in [1.54, 1.807) is 0 Å². The van der Waals surface area contributed by atoms with Gasteiger partial charge in [0.2, 0.25) is 0 Å². The molecule has 2 fully saturated rings. The molecule has 2 heterocycles. The Labute approximate surface area is 72.5 Å². The fraction of sp³-hybridized carbons (Fsp3) is 1.00. The lowest BCUT2D eigenvalue weighted by Crippen LogP contribution is -2.45. The number of ether oxygens (including phenoxy) is 1. The third-order valence-electron chi connectivity index (χ3n) is 2.51. The van der Waals surface area contributed by atoms with Gasteiger partial charge in [-0.05, 0) is 12.8 Å². The summed E-state index contributed by atoms with van der Waals surface area (Å²) in [7, 11) is 0. The molecule has 2 aliphatic rings. The average Bonchev–Trinajstić information content (AvgIpc) is 2.46. The standard InChI is InChI=1S/C7H13NO2.ClH/c9-2-1-7-3-6(4-8-7)10-5-7;/h6,8-9H,1-5H2;1H/t6-,7-;/m1./s1. The molecule has 0 aromatic carbocycles. The third-order valence-corrected chi connectivity index (χ3v) is 2.51. The predicted molar refractivity (Wildman–Crippen MR) is 44.0 cm³/mol. The van der Waals surface area contributed by atoms with Crippen molar-refractivity contribution in [3.05, 3.63) is 0 Å². The quantitative estimate of drug-likeness (QED) is 0.623. The first-order valence-corrected chi connectivity index (χ1v) is 3.82. The SMILES string of the molecule is Cl.OCC[C@@]12CO[C@@H](CN1)C2. The Morgan fingerprint density at radius 2 is 2.45 bits per heavy atom. The van der Waals surface area contributed by atoms with Gasteiger partial charge in [-0.15, -0.1) is 12.4 Å². The Bertz CT molecular complexity index is 134. The van der Waals surface area contributed by atoms with Crippen LogP contribution in [-0.2, 0) is 4.74 Å². The molecular weight excluding hydrogens is 166 g/mol. The lowest BCUT2D eigenvalue weighted by Gasteiger charge is -2.25. The van der Waals surface area contributed by atoms with E-state index in [-0.39, 0.29) is 24.6 Å². The number of halogens is 1. The summed E-state index contributed by atoms with van der Waals surface area (Å²) in [6.45, 7) is 2.03. The second-order valence-electron chi connectivity index (χ2n) is 3.27. The average molecular weight is 180 g/mol. The van der Waals surface area contributed by atoms with E-state index in [2.05, 4.69) is 5.32 Å². The first-order valence-electron chi connectivity index (χ1n) is 3.82. The van der Waals surface area contributed by atoms with Gasteiger partial charge >= 0.3 is 0 Å². The molecule has 0 aromatic rings. The van der Waals surface area contributed by atoms with E-state index in [1.165, 1.54) is 0 Å². The lowest BCUT2D eigenvalue weighted by molar-refractivity contribution is 0.0631. The summed E-state index contributed by atoms with van der Waals surface area (Å²) in [5.41, 5.74) is 0.138. The van der Waals surface area contributed by atoms with Crippen LogP contribution in [0.4, 0.5) is 0 Å². The van der Waals surface area contributed by atoms with Gasteiger partial charge in [-0.3, -0.25) is 0 Å². The van der Waals surface area contributed by atoms with Gasteiger partial charge in [-0.1, -0.05) is 0 Å². The molecule has 4 heteroatoms. The van der Waals surface area contributed by atoms with Crippen molar-refractivity contribution in [3.63, 3.8) is 0 Å². The van der Waals surface area contributed by atoms with Crippen molar-refractivity contribution in [2.24, 2.45) is 0 Å². The minimum absolute atomic E-state index is 0. The summed E-state index contributed by atoms with van der Waals surface area (Å²) in [5, 5.41) is 12.1. The third kappa shape index (κ3) is 1.51. The van der Waals surface area contributed by atoms with Crippen LogP contribution < -0.4 is 5.32 Å². The molecule has 0 saturated carbocycles. The van der Waals surface area contributed by atoms with Crippen molar-refractivity contribution < 1.29 is 9.84 Å². The predicted octanol–water partition coefficient (Wildman–Crippen LogP) is -0.0785. The fourth-order valence-electron chi connectivity index (χ4n) is 1.89. The van der Waals surface area contributed by atoms with Gasteiger partial charge in [-0.2, -0.15) is 0 Å². The van der Waals surface area contributed by atoms with Gasteiger partial charge in [-0.25, -0.2) is 0 Å². The van der Waals surface area contributed by atoms with E-state index in [1.807, 2.05) is 0 Å². The summed E-state index contributed by atoms with van der Waals surface area (Å²) >= 11 is 0. The Morgan fingerprint density at radius 3 is 2.82 bits per heavy atom. The van der Waals surface area contributed by atoms with Gasteiger partial charge < -0.3 is 15.2 Å². The van der Waals surface area contributed by atoms with Crippen molar-refractivity contribution in [2.45, 2.75) is 24.5 Å². The number of aliphatic hydroxyl groups is 1. The van der Waals surface area contributed by atoms with Gasteiger partial charge in [0.25, 0.3) is 0 Å². The van der Waals surface area contributed by atoms with Crippen molar-refractivity contribution in [1.29, 1.82) is 0 Å². The minimum Gasteiger partial charge on any atom is -0.396 e. The number of nitrogens with one attached hydrogen (secondary N) is 1. The van der Waals surface area contributed by atoms with E-state index >= 15 is 0 Å². The zero-order chi connectivity index (χ0) is 7.03. The molecule has 0 radical (unpaired) electrons. The van der Waals surface area contributed by atoms with Crippen LogP contribution in [0.3, 0.4) is 0 Å². The normalized spacial score (nSPS) is 40.6. The van der Waals surface area contributed by atoms with E-state index in [9.17, 15) is 0 Å². The highest BCUT2D eigenvalue weighted by atomic mass is 35.5. The summed E-state index contributed by atoms with van der Waals surface area (Å²) in [6.07, 6.45) is 2.35. The molecule has 66 valence electrons. The Balaban J connectivity index is 0.000000605.